The van der Waals surface area contributed by atoms with Crippen molar-refractivity contribution in [3.63, 3.8) is 0 Å². The van der Waals surface area contributed by atoms with Crippen LogP contribution in [0.5, 0.6) is 0 Å². The van der Waals surface area contributed by atoms with E-state index in [-0.39, 0.29) is 0 Å². The van der Waals surface area contributed by atoms with E-state index in [0.717, 1.165) is 23.3 Å². The molecule has 1 unspecified atom stereocenters. The molecule has 3 rings (SSSR count). The van der Waals surface area contributed by atoms with Crippen molar-refractivity contribution in [3.8, 4) is 6.07 Å². The SMILES string of the molecule is CC(CCCC1CCC(C2CCCCC2)CC1)c1ccc(C#N)cc1. The summed E-state index contributed by atoms with van der Waals surface area (Å²) in [6.45, 7) is 2.33. The van der Waals surface area contributed by atoms with E-state index in [0.29, 0.717) is 5.92 Å². The molecule has 0 spiro atoms. The van der Waals surface area contributed by atoms with Crippen LogP contribution in [-0.4, -0.2) is 0 Å². The van der Waals surface area contributed by atoms with Crippen LogP contribution in [0.3, 0.4) is 0 Å². The molecule has 0 saturated heterocycles. The third-order valence-corrected chi connectivity index (χ3v) is 7.07. The minimum atomic E-state index is 0.617. The Hall–Kier alpha value is -1.29. The fourth-order valence-electron chi connectivity index (χ4n) is 5.32. The molecule has 1 atom stereocenters. The van der Waals surface area contributed by atoms with Crippen molar-refractivity contribution in [1.82, 2.24) is 0 Å². The average molecular weight is 338 g/mol. The molecule has 1 aromatic carbocycles. The van der Waals surface area contributed by atoms with Gasteiger partial charge in [0, 0.05) is 0 Å². The lowest BCUT2D eigenvalue weighted by molar-refractivity contribution is 0.162. The Kier molecular flexibility index (Phi) is 6.97. The highest BCUT2D eigenvalue weighted by Gasteiger charge is 2.28. The molecule has 0 radical (unpaired) electrons. The molecule has 2 saturated carbocycles. The highest BCUT2D eigenvalue weighted by Crippen LogP contribution is 2.41. The van der Waals surface area contributed by atoms with Gasteiger partial charge in [-0.05, 0) is 60.6 Å². The second kappa shape index (κ2) is 9.42. The summed E-state index contributed by atoms with van der Waals surface area (Å²) < 4.78 is 0. The Balaban J connectivity index is 1.34. The smallest absolute Gasteiger partial charge is 0.0991 e. The van der Waals surface area contributed by atoms with Gasteiger partial charge >= 0.3 is 0 Å². The highest BCUT2D eigenvalue weighted by atomic mass is 14.3. The van der Waals surface area contributed by atoms with Crippen LogP contribution in [0, 0.1) is 29.1 Å². The second-order valence-electron chi connectivity index (χ2n) is 8.74. The number of hydrogen-bond acceptors (Lipinski definition) is 1. The monoisotopic (exact) mass is 337 g/mol. The van der Waals surface area contributed by atoms with Crippen LogP contribution < -0.4 is 0 Å². The number of nitriles is 1. The molecular weight excluding hydrogens is 302 g/mol. The molecule has 2 fully saturated rings. The van der Waals surface area contributed by atoms with E-state index in [9.17, 15) is 0 Å². The summed E-state index contributed by atoms with van der Waals surface area (Å²) in [7, 11) is 0. The van der Waals surface area contributed by atoms with Gasteiger partial charge in [0.15, 0.2) is 0 Å². The van der Waals surface area contributed by atoms with Crippen molar-refractivity contribution in [1.29, 1.82) is 5.26 Å². The lowest BCUT2D eigenvalue weighted by Crippen LogP contribution is -2.23. The molecule has 1 heteroatoms. The topological polar surface area (TPSA) is 23.8 Å². The fraction of sp³-hybridized carbons (Fsp3) is 0.708. The zero-order chi connectivity index (χ0) is 17.5. The third-order valence-electron chi connectivity index (χ3n) is 7.07. The zero-order valence-electron chi connectivity index (χ0n) is 16.1. The Morgan fingerprint density at radius 2 is 1.56 bits per heavy atom. The Morgan fingerprint density at radius 3 is 2.20 bits per heavy atom. The van der Waals surface area contributed by atoms with Crippen molar-refractivity contribution in [3.05, 3.63) is 35.4 Å². The number of nitrogens with zero attached hydrogens (tertiary/aromatic N) is 1. The normalized spacial score (nSPS) is 26.1. The number of rotatable bonds is 6. The first kappa shape index (κ1) is 18.5. The highest BCUT2D eigenvalue weighted by molar-refractivity contribution is 5.32. The molecule has 2 aliphatic carbocycles. The maximum Gasteiger partial charge on any atom is 0.0991 e. The molecule has 0 bridgehead atoms. The molecule has 0 aliphatic heterocycles. The lowest BCUT2D eigenvalue weighted by Gasteiger charge is -2.36. The predicted octanol–water partition coefficient (Wildman–Crippen LogP) is 7.22. The summed E-state index contributed by atoms with van der Waals surface area (Å²) in [5.74, 6) is 3.75. The summed E-state index contributed by atoms with van der Waals surface area (Å²) in [5, 5.41) is 8.90. The van der Waals surface area contributed by atoms with Crippen molar-refractivity contribution < 1.29 is 0 Å². The summed E-state index contributed by atoms with van der Waals surface area (Å²) in [6.07, 6.45) is 17.6. The Labute approximate surface area is 154 Å². The average Bonchev–Trinajstić information content (AvgIpc) is 2.69. The van der Waals surface area contributed by atoms with E-state index in [1.807, 2.05) is 12.1 Å². The van der Waals surface area contributed by atoms with E-state index < -0.39 is 0 Å². The van der Waals surface area contributed by atoms with E-state index in [4.69, 9.17) is 5.26 Å². The van der Waals surface area contributed by atoms with Gasteiger partial charge in [-0.25, -0.2) is 0 Å². The Morgan fingerprint density at radius 1 is 0.920 bits per heavy atom. The largest absolute Gasteiger partial charge is 0.192 e. The fourth-order valence-corrected chi connectivity index (χ4v) is 5.32. The molecule has 1 aromatic rings. The molecule has 0 amide bonds. The van der Waals surface area contributed by atoms with Gasteiger partial charge in [-0.3, -0.25) is 0 Å². The maximum absolute atomic E-state index is 8.90. The predicted molar refractivity (Wildman–Crippen MR) is 105 cm³/mol. The van der Waals surface area contributed by atoms with E-state index in [2.05, 4.69) is 25.1 Å². The van der Waals surface area contributed by atoms with Gasteiger partial charge in [0.1, 0.15) is 0 Å². The van der Waals surface area contributed by atoms with Gasteiger partial charge in [-0.15, -0.1) is 0 Å². The molecule has 0 heterocycles. The van der Waals surface area contributed by atoms with Gasteiger partial charge in [-0.1, -0.05) is 76.8 Å². The van der Waals surface area contributed by atoms with Gasteiger partial charge in [0.25, 0.3) is 0 Å². The van der Waals surface area contributed by atoms with E-state index in [1.54, 1.807) is 0 Å². The molecule has 0 N–H and O–H groups in total. The first-order valence-electron chi connectivity index (χ1n) is 10.8. The van der Waals surface area contributed by atoms with Crippen LogP contribution in [0.25, 0.3) is 0 Å². The van der Waals surface area contributed by atoms with Gasteiger partial charge in [-0.2, -0.15) is 5.26 Å². The van der Waals surface area contributed by atoms with Gasteiger partial charge < -0.3 is 0 Å². The summed E-state index contributed by atoms with van der Waals surface area (Å²) in [6, 6.07) is 10.4. The first-order valence-corrected chi connectivity index (χ1v) is 10.8. The van der Waals surface area contributed by atoms with Crippen molar-refractivity contribution >= 4 is 0 Å². The van der Waals surface area contributed by atoms with E-state index in [1.165, 1.54) is 82.6 Å². The van der Waals surface area contributed by atoms with Crippen LogP contribution in [0.4, 0.5) is 0 Å². The standard InChI is InChI=1S/C24H35N/c1-19(22-14-12-21(18-25)13-15-22)6-5-7-20-10-16-24(17-11-20)23-8-3-2-4-9-23/h12-15,19-20,23-24H,2-11,16-17H2,1H3. The Bertz CT molecular complexity index is 538. The van der Waals surface area contributed by atoms with Crippen LogP contribution in [-0.2, 0) is 0 Å². The molecule has 136 valence electrons. The van der Waals surface area contributed by atoms with Crippen LogP contribution in [0.1, 0.15) is 101 Å². The van der Waals surface area contributed by atoms with Gasteiger partial charge in [0.05, 0.1) is 11.6 Å². The minimum Gasteiger partial charge on any atom is -0.192 e. The molecule has 1 nitrogen and oxygen atoms in total. The van der Waals surface area contributed by atoms with Gasteiger partial charge in [0.2, 0.25) is 0 Å². The molecule has 2 aliphatic rings. The number of benzene rings is 1. The third kappa shape index (κ3) is 5.34. The zero-order valence-corrected chi connectivity index (χ0v) is 16.1. The van der Waals surface area contributed by atoms with E-state index >= 15 is 0 Å². The lowest BCUT2D eigenvalue weighted by atomic mass is 9.70. The van der Waals surface area contributed by atoms with Crippen molar-refractivity contribution in [2.45, 2.75) is 89.9 Å². The van der Waals surface area contributed by atoms with Crippen LogP contribution in [0.2, 0.25) is 0 Å². The first-order chi connectivity index (χ1) is 12.3. The molecule has 25 heavy (non-hydrogen) atoms. The van der Waals surface area contributed by atoms with Crippen LogP contribution in [0.15, 0.2) is 24.3 Å². The molecule has 0 aromatic heterocycles. The second-order valence-corrected chi connectivity index (χ2v) is 8.74. The number of hydrogen-bond donors (Lipinski definition) is 0. The van der Waals surface area contributed by atoms with Crippen molar-refractivity contribution in [2.75, 3.05) is 0 Å². The van der Waals surface area contributed by atoms with Crippen molar-refractivity contribution in [2.24, 2.45) is 17.8 Å². The minimum absolute atomic E-state index is 0.617. The van der Waals surface area contributed by atoms with Crippen LogP contribution >= 0.6 is 0 Å². The quantitative estimate of drug-likeness (QED) is 0.537. The maximum atomic E-state index is 8.90. The molecular formula is C24H35N. The summed E-state index contributed by atoms with van der Waals surface area (Å²) in [5.41, 5.74) is 2.16. The summed E-state index contributed by atoms with van der Waals surface area (Å²) in [4.78, 5) is 0. The summed E-state index contributed by atoms with van der Waals surface area (Å²) >= 11 is 0.